The van der Waals surface area contributed by atoms with Gasteiger partial charge in [0.1, 0.15) is 5.69 Å². The van der Waals surface area contributed by atoms with Gasteiger partial charge in [-0.1, -0.05) is 18.2 Å². The van der Waals surface area contributed by atoms with E-state index in [-0.39, 0.29) is 12.7 Å². The number of aromatic amines is 2. The van der Waals surface area contributed by atoms with Crippen LogP contribution in [-0.4, -0.2) is 34.1 Å². The zero-order chi connectivity index (χ0) is 19.8. The molecule has 2 aromatic carbocycles. The molecule has 0 bridgehead atoms. The molecule has 3 heterocycles. The summed E-state index contributed by atoms with van der Waals surface area (Å²) in [6, 6.07) is 15.1. The second kappa shape index (κ2) is 6.83. The quantitative estimate of drug-likeness (QED) is 0.369. The highest BCUT2D eigenvalue weighted by Gasteiger charge is 2.16. The van der Waals surface area contributed by atoms with Gasteiger partial charge in [-0.15, -0.1) is 0 Å². The van der Waals surface area contributed by atoms with Crippen LogP contribution in [0.15, 0.2) is 53.6 Å². The number of aromatic nitrogens is 3. The highest BCUT2D eigenvalue weighted by Crippen LogP contribution is 2.35. The molecular formula is C21H17N5O3. The first-order valence-electron chi connectivity index (χ1n) is 9.05. The minimum absolute atomic E-state index is 0.209. The Hall–Kier alpha value is -4.07. The van der Waals surface area contributed by atoms with Crippen molar-refractivity contribution < 1.29 is 14.3 Å². The molecule has 4 aromatic rings. The molecule has 5 rings (SSSR count). The third-order valence-electron chi connectivity index (χ3n) is 4.79. The Morgan fingerprint density at radius 2 is 2.03 bits per heavy atom. The molecule has 1 aliphatic rings. The maximum absolute atomic E-state index is 12.4. The molecule has 3 N–H and O–H groups in total. The molecule has 1 aliphatic heterocycles. The number of nitrogens with one attached hydrogen (secondary N) is 3. The topological polar surface area (TPSA) is 104 Å². The predicted octanol–water partition coefficient (Wildman–Crippen LogP) is 3.36. The first-order chi connectivity index (χ1) is 14.2. The number of hydrazone groups is 1. The van der Waals surface area contributed by atoms with Gasteiger partial charge >= 0.3 is 0 Å². The maximum Gasteiger partial charge on any atom is 0.289 e. The van der Waals surface area contributed by atoms with Gasteiger partial charge in [0, 0.05) is 27.7 Å². The number of rotatable bonds is 4. The molecule has 0 saturated carbocycles. The van der Waals surface area contributed by atoms with Crippen LogP contribution in [0.5, 0.6) is 11.5 Å². The summed E-state index contributed by atoms with van der Waals surface area (Å²) in [5, 5.41) is 12.1. The zero-order valence-corrected chi connectivity index (χ0v) is 15.5. The Kier molecular flexibility index (Phi) is 4.02. The van der Waals surface area contributed by atoms with Gasteiger partial charge in [0.25, 0.3) is 5.91 Å². The molecule has 144 valence electrons. The van der Waals surface area contributed by atoms with Gasteiger partial charge in [0.15, 0.2) is 11.5 Å². The van der Waals surface area contributed by atoms with Crippen molar-refractivity contribution in [3.8, 4) is 22.8 Å². The van der Waals surface area contributed by atoms with E-state index < -0.39 is 0 Å². The van der Waals surface area contributed by atoms with Crippen molar-refractivity contribution >= 4 is 23.0 Å². The number of amides is 1. The highest BCUT2D eigenvalue weighted by molar-refractivity contribution is 6.01. The molecule has 0 unspecified atom stereocenters. The fourth-order valence-corrected chi connectivity index (χ4v) is 3.32. The number of hydrogen-bond acceptors (Lipinski definition) is 5. The minimum atomic E-state index is -0.377. The molecule has 0 aliphatic carbocycles. The van der Waals surface area contributed by atoms with Crippen molar-refractivity contribution in [2.75, 3.05) is 6.79 Å². The van der Waals surface area contributed by atoms with Crippen LogP contribution in [0.2, 0.25) is 0 Å². The Balaban J connectivity index is 1.31. The fraction of sp³-hybridized carbons (Fsp3) is 0.0952. The second-order valence-corrected chi connectivity index (χ2v) is 6.64. The van der Waals surface area contributed by atoms with Crippen LogP contribution in [-0.2, 0) is 0 Å². The number of aryl methyl sites for hydroxylation is 1. The lowest BCUT2D eigenvalue weighted by atomic mass is 10.1. The van der Waals surface area contributed by atoms with E-state index in [9.17, 15) is 4.79 Å². The number of benzene rings is 2. The Morgan fingerprint density at radius 3 is 2.97 bits per heavy atom. The van der Waals surface area contributed by atoms with E-state index in [1.165, 1.54) is 0 Å². The average molecular weight is 387 g/mol. The summed E-state index contributed by atoms with van der Waals surface area (Å²) in [7, 11) is 0. The Labute approximate surface area is 165 Å². The molecule has 0 fully saturated rings. The lowest BCUT2D eigenvalue weighted by Crippen LogP contribution is -2.18. The van der Waals surface area contributed by atoms with Gasteiger partial charge in [-0.05, 0) is 37.3 Å². The second-order valence-electron chi connectivity index (χ2n) is 6.64. The van der Waals surface area contributed by atoms with Crippen molar-refractivity contribution in [2.45, 2.75) is 6.92 Å². The summed E-state index contributed by atoms with van der Waals surface area (Å²) in [6.07, 6.45) is 1.64. The van der Waals surface area contributed by atoms with E-state index in [1.54, 1.807) is 12.3 Å². The minimum Gasteiger partial charge on any atom is -0.454 e. The fourth-order valence-electron chi connectivity index (χ4n) is 3.32. The van der Waals surface area contributed by atoms with Crippen LogP contribution in [0.3, 0.4) is 0 Å². The molecule has 1 amide bonds. The van der Waals surface area contributed by atoms with E-state index in [0.29, 0.717) is 22.9 Å². The monoisotopic (exact) mass is 387 g/mol. The summed E-state index contributed by atoms with van der Waals surface area (Å²) >= 11 is 0. The molecule has 0 atom stereocenters. The van der Waals surface area contributed by atoms with Gasteiger partial charge in [0.05, 0.1) is 11.9 Å². The van der Waals surface area contributed by atoms with E-state index >= 15 is 0 Å². The lowest BCUT2D eigenvalue weighted by Gasteiger charge is -1.99. The molecular weight excluding hydrogens is 370 g/mol. The van der Waals surface area contributed by atoms with E-state index in [4.69, 9.17) is 9.47 Å². The number of carbonyl (C=O) groups excluding carboxylic acids is 1. The van der Waals surface area contributed by atoms with E-state index in [0.717, 1.165) is 27.7 Å². The van der Waals surface area contributed by atoms with E-state index in [2.05, 4.69) is 25.7 Å². The number of hydrogen-bond donors (Lipinski definition) is 3. The van der Waals surface area contributed by atoms with Gasteiger partial charge in [0.2, 0.25) is 6.79 Å². The van der Waals surface area contributed by atoms with Gasteiger partial charge < -0.3 is 14.5 Å². The smallest absolute Gasteiger partial charge is 0.289 e. The molecule has 2 aromatic heterocycles. The van der Waals surface area contributed by atoms with Gasteiger partial charge in [-0.25, -0.2) is 5.43 Å². The van der Waals surface area contributed by atoms with Crippen molar-refractivity contribution in [3.63, 3.8) is 0 Å². The van der Waals surface area contributed by atoms with Crippen molar-refractivity contribution in [2.24, 2.45) is 5.10 Å². The van der Waals surface area contributed by atoms with Crippen molar-refractivity contribution in [1.82, 2.24) is 20.6 Å². The van der Waals surface area contributed by atoms with Crippen molar-refractivity contribution in [1.29, 1.82) is 0 Å². The summed E-state index contributed by atoms with van der Waals surface area (Å²) in [5.74, 6) is 0.984. The number of nitrogens with zero attached hydrogens (tertiary/aromatic N) is 2. The van der Waals surface area contributed by atoms with Crippen LogP contribution in [0, 0.1) is 6.92 Å². The third kappa shape index (κ3) is 3.10. The first kappa shape index (κ1) is 17.1. The first-order valence-corrected chi connectivity index (χ1v) is 9.05. The average Bonchev–Trinajstić information content (AvgIpc) is 3.46. The largest absolute Gasteiger partial charge is 0.454 e. The molecule has 0 spiro atoms. The summed E-state index contributed by atoms with van der Waals surface area (Å²) in [4.78, 5) is 15.7. The summed E-state index contributed by atoms with van der Waals surface area (Å²) < 4.78 is 10.7. The summed E-state index contributed by atoms with van der Waals surface area (Å²) in [6.45, 7) is 2.18. The lowest BCUT2D eigenvalue weighted by molar-refractivity contribution is 0.0950. The van der Waals surface area contributed by atoms with Crippen LogP contribution >= 0.6 is 0 Å². The Bertz CT molecular complexity index is 1250. The standard InChI is InChI=1S/C21H17N5O3/c1-12-15(14-4-2-3-5-16(14)23-12)10-22-26-21(27)18-9-17(24-25-18)13-6-7-19-20(8-13)29-11-28-19/h2-10,23H,11H2,1H3,(H,24,25)(H,26,27)/b22-10+. The molecule has 29 heavy (non-hydrogen) atoms. The predicted molar refractivity (Wildman–Crippen MR) is 108 cm³/mol. The maximum atomic E-state index is 12.4. The van der Waals surface area contributed by atoms with Gasteiger partial charge in [-0.2, -0.15) is 10.2 Å². The van der Waals surface area contributed by atoms with E-state index in [1.807, 2.05) is 49.4 Å². The number of H-pyrrole nitrogens is 2. The zero-order valence-electron chi connectivity index (χ0n) is 15.5. The number of para-hydroxylation sites is 1. The molecule has 0 saturated heterocycles. The van der Waals surface area contributed by atoms with Gasteiger partial charge in [-0.3, -0.25) is 9.89 Å². The van der Waals surface area contributed by atoms with Crippen LogP contribution < -0.4 is 14.9 Å². The van der Waals surface area contributed by atoms with Crippen LogP contribution in [0.4, 0.5) is 0 Å². The number of fused-ring (bicyclic) bond motifs is 2. The molecule has 8 nitrogen and oxygen atoms in total. The normalized spacial score (nSPS) is 12.7. The third-order valence-corrected chi connectivity index (χ3v) is 4.79. The number of ether oxygens (including phenoxy) is 2. The molecule has 8 heteroatoms. The van der Waals surface area contributed by atoms with Crippen LogP contribution in [0.1, 0.15) is 21.7 Å². The van der Waals surface area contributed by atoms with Crippen molar-refractivity contribution in [3.05, 3.63) is 65.5 Å². The van der Waals surface area contributed by atoms with Crippen LogP contribution in [0.25, 0.3) is 22.2 Å². The Morgan fingerprint density at radius 1 is 1.17 bits per heavy atom. The molecule has 0 radical (unpaired) electrons. The SMILES string of the molecule is Cc1[nH]c2ccccc2c1/C=N/NC(=O)c1cc(-c2ccc3c(c2)OCO3)n[nH]1. The number of carbonyl (C=O) groups is 1. The summed E-state index contributed by atoms with van der Waals surface area (Å²) in [5.41, 5.74) is 7.24. The highest BCUT2D eigenvalue weighted by atomic mass is 16.7.